The van der Waals surface area contributed by atoms with Gasteiger partial charge in [0.25, 0.3) is 0 Å². The van der Waals surface area contributed by atoms with Crippen molar-refractivity contribution in [3.8, 4) is 0 Å². The van der Waals surface area contributed by atoms with Crippen LogP contribution < -0.4 is 0 Å². The van der Waals surface area contributed by atoms with Gasteiger partial charge in [-0.15, -0.1) is 0 Å². The highest BCUT2D eigenvalue weighted by molar-refractivity contribution is 5.52. The Hall–Kier alpha value is -1.54. The van der Waals surface area contributed by atoms with Gasteiger partial charge in [0, 0.05) is 25.4 Å². The molecule has 2 rings (SSSR count). The molecule has 0 bridgehead atoms. The second kappa shape index (κ2) is 7.80. The zero-order chi connectivity index (χ0) is 13.3. The molecule has 1 aromatic rings. The Bertz CT molecular complexity index is 416. The third-order valence-corrected chi connectivity index (χ3v) is 3.33. The summed E-state index contributed by atoms with van der Waals surface area (Å²) in [5.41, 5.74) is 2.53. The van der Waals surface area contributed by atoms with E-state index < -0.39 is 0 Å². The lowest BCUT2D eigenvalue weighted by atomic mass is 10.2. The Balaban J connectivity index is 2.04. The van der Waals surface area contributed by atoms with Crippen LogP contribution in [0.5, 0.6) is 0 Å². The molecule has 1 fully saturated rings. The number of benzene rings is 1. The zero-order valence-corrected chi connectivity index (χ0v) is 11.7. The molecule has 19 heavy (non-hydrogen) atoms. The van der Waals surface area contributed by atoms with Gasteiger partial charge >= 0.3 is 0 Å². The molecule has 2 heteroatoms. The number of rotatable bonds is 6. The maximum Gasteiger partial charge on any atom is 0.0670 e. The first-order valence-electron chi connectivity index (χ1n) is 7.16. The molecule has 1 aromatic carbocycles. The molecule has 0 unspecified atom stereocenters. The van der Waals surface area contributed by atoms with Gasteiger partial charge in [0.1, 0.15) is 0 Å². The van der Waals surface area contributed by atoms with Crippen molar-refractivity contribution in [3.63, 3.8) is 0 Å². The van der Waals surface area contributed by atoms with Crippen LogP contribution in [0.15, 0.2) is 48.2 Å². The van der Waals surface area contributed by atoms with Gasteiger partial charge in [-0.1, -0.05) is 36.4 Å². The quantitative estimate of drug-likeness (QED) is 0.569. The van der Waals surface area contributed by atoms with E-state index in [0.717, 1.165) is 19.7 Å². The van der Waals surface area contributed by atoms with E-state index in [9.17, 15) is 0 Å². The summed E-state index contributed by atoms with van der Waals surface area (Å²) in [6.45, 7) is 5.82. The van der Waals surface area contributed by atoms with Crippen molar-refractivity contribution < 1.29 is 4.74 Å². The summed E-state index contributed by atoms with van der Waals surface area (Å²) in [6, 6.07) is 10.4. The van der Waals surface area contributed by atoms with Crippen LogP contribution in [0.3, 0.4) is 0 Å². The number of allylic oxidation sites excluding steroid dienone is 1. The predicted octanol–water partition coefficient (Wildman–Crippen LogP) is 3.72. The van der Waals surface area contributed by atoms with Crippen LogP contribution in [-0.4, -0.2) is 31.2 Å². The molecule has 1 aliphatic heterocycles. The second-order valence-electron chi connectivity index (χ2n) is 4.73. The van der Waals surface area contributed by atoms with E-state index >= 15 is 0 Å². The molecular formula is C17H23NO. The van der Waals surface area contributed by atoms with Crippen molar-refractivity contribution in [1.82, 2.24) is 4.90 Å². The van der Waals surface area contributed by atoms with E-state index in [0.29, 0.717) is 6.61 Å². The first kappa shape index (κ1) is 13.9. The molecule has 102 valence electrons. The average molecular weight is 257 g/mol. The van der Waals surface area contributed by atoms with Crippen LogP contribution in [0.25, 0.3) is 6.08 Å². The molecule has 0 atom stereocenters. The molecular weight excluding hydrogens is 234 g/mol. The van der Waals surface area contributed by atoms with Crippen molar-refractivity contribution in [2.45, 2.75) is 19.8 Å². The van der Waals surface area contributed by atoms with Gasteiger partial charge in [0.15, 0.2) is 0 Å². The smallest absolute Gasteiger partial charge is 0.0670 e. The maximum absolute atomic E-state index is 5.44. The summed E-state index contributed by atoms with van der Waals surface area (Å²) >= 11 is 0. The Labute approximate surface area is 116 Å². The maximum atomic E-state index is 5.44. The first-order valence-corrected chi connectivity index (χ1v) is 7.16. The van der Waals surface area contributed by atoms with Crippen LogP contribution in [0, 0.1) is 0 Å². The monoisotopic (exact) mass is 257 g/mol. The number of hydrogen-bond acceptors (Lipinski definition) is 2. The fourth-order valence-electron chi connectivity index (χ4n) is 2.29. The van der Waals surface area contributed by atoms with Gasteiger partial charge in [-0.2, -0.15) is 0 Å². The molecule has 1 heterocycles. The van der Waals surface area contributed by atoms with Crippen LogP contribution in [0.4, 0.5) is 0 Å². The number of nitrogens with zero attached hydrogens (tertiary/aromatic N) is 1. The molecule has 0 N–H and O–H groups in total. The van der Waals surface area contributed by atoms with Gasteiger partial charge in [-0.05, 0) is 37.5 Å². The van der Waals surface area contributed by atoms with E-state index in [4.69, 9.17) is 4.74 Å². The summed E-state index contributed by atoms with van der Waals surface area (Å²) in [7, 11) is 0. The van der Waals surface area contributed by atoms with Crippen LogP contribution in [0.1, 0.15) is 25.3 Å². The molecule has 2 nitrogen and oxygen atoms in total. The minimum absolute atomic E-state index is 0.696. The zero-order valence-electron chi connectivity index (χ0n) is 11.7. The van der Waals surface area contributed by atoms with Gasteiger partial charge in [-0.25, -0.2) is 0 Å². The Kier molecular flexibility index (Phi) is 5.70. The summed E-state index contributed by atoms with van der Waals surface area (Å²) in [4.78, 5) is 2.44. The van der Waals surface area contributed by atoms with Crippen molar-refractivity contribution in [1.29, 1.82) is 0 Å². The molecule has 1 saturated heterocycles. The summed E-state index contributed by atoms with van der Waals surface area (Å²) in [5.74, 6) is 0. The molecule has 0 radical (unpaired) electrons. The molecule has 0 aromatic heterocycles. The summed E-state index contributed by atoms with van der Waals surface area (Å²) < 4.78 is 5.44. The molecule has 0 spiro atoms. The Morgan fingerprint density at radius 2 is 1.95 bits per heavy atom. The van der Waals surface area contributed by atoms with Gasteiger partial charge in [-0.3, -0.25) is 0 Å². The van der Waals surface area contributed by atoms with E-state index in [-0.39, 0.29) is 0 Å². The minimum atomic E-state index is 0.696. The Morgan fingerprint density at radius 1 is 1.21 bits per heavy atom. The lowest BCUT2D eigenvalue weighted by molar-refractivity contribution is 0.176. The lowest BCUT2D eigenvalue weighted by Gasteiger charge is -2.19. The van der Waals surface area contributed by atoms with E-state index in [1.54, 1.807) is 0 Å². The van der Waals surface area contributed by atoms with Crippen LogP contribution >= 0.6 is 0 Å². The minimum Gasteiger partial charge on any atom is -0.378 e. The fourth-order valence-corrected chi connectivity index (χ4v) is 2.29. The topological polar surface area (TPSA) is 12.5 Å². The lowest BCUT2D eigenvalue weighted by Crippen LogP contribution is -2.17. The first-order chi connectivity index (χ1) is 9.40. The largest absolute Gasteiger partial charge is 0.378 e. The van der Waals surface area contributed by atoms with E-state index in [1.807, 2.05) is 13.0 Å². The normalized spacial score (nSPS) is 16.5. The van der Waals surface area contributed by atoms with E-state index in [2.05, 4.69) is 47.4 Å². The SMILES string of the molecule is CCOC/C=C(\C=C\c1ccccc1)N1CCCC1. The highest BCUT2D eigenvalue weighted by Gasteiger charge is 2.12. The summed E-state index contributed by atoms with van der Waals surface area (Å²) in [6.07, 6.45) is 9.17. The molecule has 1 aliphatic rings. The molecule has 0 aliphatic carbocycles. The van der Waals surface area contributed by atoms with Crippen molar-refractivity contribution in [2.24, 2.45) is 0 Å². The predicted molar refractivity (Wildman–Crippen MR) is 80.9 cm³/mol. The summed E-state index contributed by atoms with van der Waals surface area (Å²) in [5, 5.41) is 0. The third-order valence-electron chi connectivity index (χ3n) is 3.33. The van der Waals surface area contributed by atoms with Gasteiger partial charge in [0.2, 0.25) is 0 Å². The number of ether oxygens (including phenoxy) is 1. The van der Waals surface area contributed by atoms with Gasteiger partial charge < -0.3 is 9.64 Å². The number of likely N-dealkylation sites (tertiary alicyclic amines) is 1. The van der Waals surface area contributed by atoms with Crippen LogP contribution in [0.2, 0.25) is 0 Å². The van der Waals surface area contributed by atoms with E-state index in [1.165, 1.54) is 24.1 Å². The van der Waals surface area contributed by atoms with Crippen molar-refractivity contribution in [3.05, 3.63) is 53.7 Å². The van der Waals surface area contributed by atoms with Crippen molar-refractivity contribution in [2.75, 3.05) is 26.3 Å². The third kappa shape index (κ3) is 4.56. The highest BCUT2D eigenvalue weighted by Crippen LogP contribution is 2.17. The van der Waals surface area contributed by atoms with Crippen molar-refractivity contribution >= 4 is 6.08 Å². The van der Waals surface area contributed by atoms with Gasteiger partial charge in [0.05, 0.1) is 6.61 Å². The second-order valence-corrected chi connectivity index (χ2v) is 4.73. The molecule has 0 amide bonds. The standard InChI is InChI=1S/C17H23NO/c1-2-19-15-12-17(18-13-6-7-14-18)11-10-16-8-4-3-5-9-16/h3-5,8-12H,2,6-7,13-15H2,1H3/b11-10+,17-12+. The number of hydrogen-bond donors (Lipinski definition) is 0. The average Bonchev–Trinajstić information content (AvgIpc) is 2.98. The van der Waals surface area contributed by atoms with Crippen LogP contribution in [-0.2, 0) is 4.74 Å². The fraction of sp³-hybridized carbons (Fsp3) is 0.412. The Morgan fingerprint density at radius 3 is 2.63 bits per heavy atom. The molecule has 0 saturated carbocycles. The highest BCUT2D eigenvalue weighted by atomic mass is 16.5.